The molecule has 4 nitrogen and oxygen atoms in total. The number of carbonyl (C=O) groups is 1. The first-order chi connectivity index (χ1) is 9.36. The lowest BCUT2D eigenvalue weighted by Crippen LogP contribution is -2.49. The van der Waals surface area contributed by atoms with Crippen LogP contribution in [0.4, 0.5) is 0 Å². The van der Waals surface area contributed by atoms with E-state index < -0.39 is 6.04 Å². The van der Waals surface area contributed by atoms with E-state index in [0.29, 0.717) is 13.2 Å². The van der Waals surface area contributed by atoms with Crippen LogP contribution < -0.4 is 15.8 Å². The second-order valence-corrected chi connectivity index (χ2v) is 5.93. The highest BCUT2D eigenvalue weighted by molar-refractivity contribution is 5.85. The SMILES string of the molecule is CCOc1ccccc1CCNC(=O)[C@@H](N)C(C)(C)C.Cl. The van der Waals surface area contributed by atoms with Crippen molar-refractivity contribution in [2.45, 2.75) is 40.2 Å². The average molecular weight is 315 g/mol. The molecule has 0 aliphatic rings. The number of carbonyl (C=O) groups excluding carboxylic acids is 1. The Morgan fingerprint density at radius 2 is 1.95 bits per heavy atom. The maximum Gasteiger partial charge on any atom is 0.237 e. The average Bonchev–Trinajstić information content (AvgIpc) is 2.39. The van der Waals surface area contributed by atoms with E-state index in [4.69, 9.17) is 10.5 Å². The summed E-state index contributed by atoms with van der Waals surface area (Å²) >= 11 is 0. The van der Waals surface area contributed by atoms with Crippen molar-refractivity contribution in [2.75, 3.05) is 13.2 Å². The highest BCUT2D eigenvalue weighted by Gasteiger charge is 2.26. The molecule has 21 heavy (non-hydrogen) atoms. The van der Waals surface area contributed by atoms with E-state index >= 15 is 0 Å². The molecule has 0 aliphatic carbocycles. The minimum absolute atomic E-state index is 0. The van der Waals surface area contributed by atoms with Crippen LogP contribution >= 0.6 is 12.4 Å². The fourth-order valence-corrected chi connectivity index (χ4v) is 1.83. The van der Waals surface area contributed by atoms with Crippen molar-refractivity contribution >= 4 is 18.3 Å². The molecule has 0 heterocycles. The van der Waals surface area contributed by atoms with Crippen LogP contribution in [0, 0.1) is 5.41 Å². The van der Waals surface area contributed by atoms with Gasteiger partial charge in [0.25, 0.3) is 0 Å². The molecular formula is C16H27ClN2O2. The Hall–Kier alpha value is -1.26. The minimum atomic E-state index is -0.496. The molecule has 1 atom stereocenters. The number of nitrogens with two attached hydrogens (primary N) is 1. The molecule has 3 N–H and O–H groups in total. The van der Waals surface area contributed by atoms with E-state index in [0.717, 1.165) is 17.7 Å². The summed E-state index contributed by atoms with van der Waals surface area (Å²) in [6, 6.07) is 7.38. The summed E-state index contributed by atoms with van der Waals surface area (Å²) in [5.74, 6) is 0.774. The van der Waals surface area contributed by atoms with Crippen LogP contribution in [0.25, 0.3) is 0 Å². The minimum Gasteiger partial charge on any atom is -0.494 e. The number of ether oxygens (including phenoxy) is 1. The summed E-state index contributed by atoms with van der Waals surface area (Å²) in [5, 5.41) is 2.89. The molecule has 0 unspecified atom stereocenters. The zero-order valence-corrected chi connectivity index (χ0v) is 14.1. The molecule has 0 saturated carbocycles. The second-order valence-electron chi connectivity index (χ2n) is 5.93. The summed E-state index contributed by atoms with van der Waals surface area (Å²) in [6.07, 6.45) is 0.735. The van der Waals surface area contributed by atoms with Gasteiger partial charge in [0.1, 0.15) is 5.75 Å². The summed E-state index contributed by atoms with van der Waals surface area (Å²) in [7, 11) is 0. The Morgan fingerprint density at radius 3 is 2.52 bits per heavy atom. The van der Waals surface area contributed by atoms with E-state index in [1.54, 1.807) is 0 Å². The predicted octanol–water partition coefficient (Wildman–Crippen LogP) is 2.54. The Kier molecular flexibility index (Phi) is 8.37. The second kappa shape index (κ2) is 8.90. The van der Waals surface area contributed by atoms with Crippen molar-refractivity contribution in [3.8, 4) is 5.75 Å². The van der Waals surface area contributed by atoms with Crippen LogP contribution in [0.5, 0.6) is 5.75 Å². The van der Waals surface area contributed by atoms with Gasteiger partial charge in [0, 0.05) is 6.54 Å². The number of halogens is 1. The van der Waals surface area contributed by atoms with Gasteiger partial charge in [-0.15, -0.1) is 12.4 Å². The van der Waals surface area contributed by atoms with Crippen molar-refractivity contribution in [1.82, 2.24) is 5.32 Å². The zero-order chi connectivity index (χ0) is 15.2. The van der Waals surface area contributed by atoms with Gasteiger partial charge in [-0.1, -0.05) is 39.0 Å². The Bertz CT molecular complexity index is 444. The van der Waals surface area contributed by atoms with Gasteiger partial charge in [-0.3, -0.25) is 4.79 Å². The zero-order valence-electron chi connectivity index (χ0n) is 13.3. The van der Waals surface area contributed by atoms with Gasteiger partial charge < -0.3 is 15.8 Å². The first kappa shape index (κ1) is 19.7. The smallest absolute Gasteiger partial charge is 0.237 e. The molecule has 0 aliphatic heterocycles. The molecule has 0 radical (unpaired) electrons. The van der Waals surface area contributed by atoms with Gasteiger partial charge in [-0.2, -0.15) is 0 Å². The van der Waals surface area contributed by atoms with Gasteiger partial charge in [-0.05, 0) is 30.4 Å². The number of rotatable bonds is 6. The van der Waals surface area contributed by atoms with E-state index in [-0.39, 0.29) is 23.7 Å². The standard InChI is InChI=1S/C16H26N2O2.ClH/c1-5-20-13-9-7-6-8-12(13)10-11-18-15(19)14(17)16(2,3)4;/h6-9,14H,5,10-11,17H2,1-4H3,(H,18,19);1H/t14-;/m1./s1. The van der Waals surface area contributed by atoms with Crippen molar-refractivity contribution in [2.24, 2.45) is 11.1 Å². The topological polar surface area (TPSA) is 64.3 Å². The predicted molar refractivity (Wildman–Crippen MR) is 89.0 cm³/mol. The van der Waals surface area contributed by atoms with Crippen molar-refractivity contribution in [3.05, 3.63) is 29.8 Å². The first-order valence-electron chi connectivity index (χ1n) is 7.10. The highest BCUT2D eigenvalue weighted by Crippen LogP contribution is 2.19. The van der Waals surface area contributed by atoms with Crippen molar-refractivity contribution in [3.63, 3.8) is 0 Å². The maximum absolute atomic E-state index is 11.9. The molecule has 120 valence electrons. The summed E-state index contributed by atoms with van der Waals surface area (Å²) in [4.78, 5) is 11.9. The fourth-order valence-electron chi connectivity index (χ4n) is 1.83. The van der Waals surface area contributed by atoms with Gasteiger partial charge in [0.2, 0.25) is 5.91 Å². The van der Waals surface area contributed by atoms with Crippen LogP contribution in [0.1, 0.15) is 33.3 Å². The third-order valence-electron chi connectivity index (χ3n) is 3.18. The van der Waals surface area contributed by atoms with Crippen LogP contribution in [-0.4, -0.2) is 25.1 Å². The van der Waals surface area contributed by atoms with Gasteiger partial charge in [-0.25, -0.2) is 0 Å². The van der Waals surface area contributed by atoms with E-state index in [1.807, 2.05) is 52.0 Å². The quantitative estimate of drug-likeness (QED) is 0.848. The summed E-state index contributed by atoms with van der Waals surface area (Å²) in [5.41, 5.74) is 6.78. The number of nitrogens with one attached hydrogen (secondary N) is 1. The van der Waals surface area contributed by atoms with Gasteiger partial charge >= 0.3 is 0 Å². The third kappa shape index (κ3) is 6.36. The van der Waals surface area contributed by atoms with Gasteiger partial charge in [0.05, 0.1) is 12.6 Å². The number of hydrogen-bond donors (Lipinski definition) is 2. The van der Waals surface area contributed by atoms with Gasteiger partial charge in [0.15, 0.2) is 0 Å². The van der Waals surface area contributed by atoms with E-state index in [2.05, 4.69) is 5.32 Å². The van der Waals surface area contributed by atoms with Crippen LogP contribution in [0.2, 0.25) is 0 Å². The number of hydrogen-bond acceptors (Lipinski definition) is 3. The summed E-state index contributed by atoms with van der Waals surface area (Å²) in [6.45, 7) is 9.04. The lowest BCUT2D eigenvalue weighted by molar-refractivity contribution is -0.124. The first-order valence-corrected chi connectivity index (χ1v) is 7.10. The van der Waals surface area contributed by atoms with E-state index in [9.17, 15) is 4.79 Å². The van der Waals surface area contributed by atoms with Crippen LogP contribution in [0.3, 0.4) is 0 Å². The lowest BCUT2D eigenvalue weighted by Gasteiger charge is -2.25. The normalized spacial score (nSPS) is 12.2. The summed E-state index contributed by atoms with van der Waals surface area (Å²) < 4.78 is 5.56. The Labute approximate surface area is 133 Å². The molecule has 0 spiro atoms. The van der Waals surface area contributed by atoms with Crippen LogP contribution in [0.15, 0.2) is 24.3 Å². The van der Waals surface area contributed by atoms with E-state index in [1.165, 1.54) is 0 Å². The molecule has 1 aromatic rings. The van der Waals surface area contributed by atoms with Crippen molar-refractivity contribution in [1.29, 1.82) is 0 Å². The molecule has 5 heteroatoms. The molecule has 0 aromatic heterocycles. The molecule has 0 bridgehead atoms. The molecule has 1 rings (SSSR count). The number of benzene rings is 1. The monoisotopic (exact) mass is 314 g/mol. The molecular weight excluding hydrogens is 288 g/mol. The van der Waals surface area contributed by atoms with Crippen LogP contribution in [-0.2, 0) is 11.2 Å². The fraction of sp³-hybridized carbons (Fsp3) is 0.562. The third-order valence-corrected chi connectivity index (χ3v) is 3.18. The highest BCUT2D eigenvalue weighted by atomic mass is 35.5. The largest absolute Gasteiger partial charge is 0.494 e. The number of para-hydroxylation sites is 1. The molecule has 0 saturated heterocycles. The molecule has 1 amide bonds. The van der Waals surface area contributed by atoms with Crippen molar-refractivity contribution < 1.29 is 9.53 Å². The Balaban J connectivity index is 0.00000400. The molecule has 1 aromatic carbocycles. The number of amides is 1. The Morgan fingerprint density at radius 1 is 1.33 bits per heavy atom. The maximum atomic E-state index is 11.9. The molecule has 0 fully saturated rings. The lowest BCUT2D eigenvalue weighted by atomic mass is 9.87.